The van der Waals surface area contributed by atoms with Crippen LogP contribution in [0.2, 0.25) is 0 Å². The van der Waals surface area contributed by atoms with Crippen LogP contribution in [0.25, 0.3) is 0 Å². The molecule has 0 fully saturated rings. The summed E-state index contributed by atoms with van der Waals surface area (Å²) < 4.78 is 65.0. The summed E-state index contributed by atoms with van der Waals surface area (Å²) in [5.41, 5.74) is 3.56. The van der Waals surface area contributed by atoms with Gasteiger partial charge in [0.25, 0.3) is 5.91 Å². The van der Waals surface area contributed by atoms with Crippen molar-refractivity contribution in [1.82, 2.24) is 5.32 Å². The highest BCUT2D eigenvalue weighted by Gasteiger charge is 2.30. The maximum atomic E-state index is 13.3. The predicted molar refractivity (Wildman–Crippen MR) is 59.9 cm³/mol. The lowest BCUT2D eigenvalue weighted by molar-refractivity contribution is 0.0937. The standard InChI is InChI=1S/C10H7F5N2OS/c1-2(9(16)19)17-10(18)3-4(11)6(13)8(15)7(14)5(3)12/h2H,1H3,(H2,16,19)(H,17,18). The van der Waals surface area contributed by atoms with Gasteiger partial charge in [-0.3, -0.25) is 4.79 Å². The molecule has 0 heterocycles. The number of amides is 1. The third-order valence-electron chi connectivity index (χ3n) is 2.21. The van der Waals surface area contributed by atoms with Crippen LogP contribution in [0.3, 0.4) is 0 Å². The number of carbonyl (C=O) groups excluding carboxylic acids is 1. The Hall–Kier alpha value is -1.77. The molecule has 1 aromatic rings. The number of rotatable bonds is 3. The average Bonchev–Trinajstić information content (AvgIpc) is 2.34. The number of hydrogen-bond donors (Lipinski definition) is 2. The maximum Gasteiger partial charge on any atom is 0.258 e. The van der Waals surface area contributed by atoms with E-state index in [9.17, 15) is 26.7 Å². The Morgan fingerprint density at radius 3 is 1.79 bits per heavy atom. The van der Waals surface area contributed by atoms with Crippen LogP contribution < -0.4 is 11.1 Å². The number of hydrogen-bond acceptors (Lipinski definition) is 2. The van der Waals surface area contributed by atoms with E-state index in [1.54, 1.807) is 0 Å². The van der Waals surface area contributed by atoms with E-state index < -0.39 is 46.6 Å². The van der Waals surface area contributed by atoms with E-state index >= 15 is 0 Å². The lowest BCUT2D eigenvalue weighted by Gasteiger charge is -2.13. The Balaban J connectivity index is 3.28. The van der Waals surface area contributed by atoms with Gasteiger partial charge in [0.05, 0.1) is 11.0 Å². The normalized spacial score (nSPS) is 12.1. The topological polar surface area (TPSA) is 55.1 Å². The minimum absolute atomic E-state index is 0.211. The van der Waals surface area contributed by atoms with Crippen molar-refractivity contribution in [3.8, 4) is 0 Å². The first-order chi connectivity index (χ1) is 8.68. The van der Waals surface area contributed by atoms with Gasteiger partial charge in [0.1, 0.15) is 5.56 Å². The van der Waals surface area contributed by atoms with Crippen molar-refractivity contribution < 1.29 is 26.7 Å². The first-order valence-corrected chi connectivity index (χ1v) is 5.20. The Morgan fingerprint density at radius 1 is 1.05 bits per heavy atom. The molecule has 0 saturated heterocycles. The molecule has 1 aromatic carbocycles. The molecular weight excluding hydrogens is 291 g/mol. The zero-order chi connectivity index (χ0) is 14.9. The summed E-state index contributed by atoms with van der Waals surface area (Å²) in [6.07, 6.45) is 0. The van der Waals surface area contributed by atoms with Gasteiger partial charge in [-0.15, -0.1) is 0 Å². The minimum Gasteiger partial charge on any atom is -0.392 e. The van der Waals surface area contributed by atoms with Crippen LogP contribution in [0.15, 0.2) is 0 Å². The zero-order valence-electron chi connectivity index (χ0n) is 9.36. The summed E-state index contributed by atoms with van der Waals surface area (Å²) in [6, 6.07) is -0.975. The average molecular weight is 298 g/mol. The van der Waals surface area contributed by atoms with Crippen molar-refractivity contribution in [2.45, 2.75) is 13.0 Å². The molecule has 0 radical (unpaired) electrons. The van der Waals surface area contributed by atoms with Crippen molar-refractivity contribution in [3.63, 3.8) is 0 Å². The summed E-state index contributed by atoms with van der Waals surface area (Å²) in [7, 11) is 0. The van der Waals surface area contributed by atoms with Gasteiger partial charge in [-0.2, -0.15) is 0 Å². The van der Waals surface area contributed by atoms with E-state index in [1.807, 2.05) is 5.32 Å². The zero-order valence-corrected chi connectivity index (χ0v) is 10.2. The van der Waals surface area contributed by atoms with Crippen LogP contribution >= 0.6 is 12.2 Å². The summed E-state index contributed by atoms with van der Waals surface area (Å²) >= 11 is 4.49. The molecular formula is C10H7F5N2OS. The number of carbonyl (C=O) groups is 1. The van der Waals surface area contributed by atoms with Crippen molar-refractivity contribution in [1.29, 1.82) is 0 Å². The molecule has 1 amide bonds. The lowest BCUT2D eigenvalue weighted by Crippen LogP contribution is -2.42. The number of thiocarbonyl (C=S) groups is 1. The van der Waals surface area contributed by atoms with Crippen molar-refractivity contribution >= 4 is 23.1 Å². The molecule has 0 aliphatic heterocycles. The van der Waals surface area contributed by atoms with Gasteiger partial charge in [-0.05, 0) is 6.92 Å². The molecule has 0 spiro atoms. The van der Waals surface area contributed by atoms with Crippen LogP contribution in [-0.2, 0) is 0 Å². The molecule has 1 atom stereocenters. The second kappa shape index (κ2) is 5.47. The van der Waals surface area contributed by atoms with Gasteiger partial charge < -0.3 is 11.1 Å². The van der Waals surface area contributed by atoms with Crippen LogP contribution in [0.5, 0.6) is 0 Å². The molecule has 9 heteroatoms. The molecule has 0 aromatic heterocycles. The lowest BCUT2D eigenvalue weighted by atomic mass is 10.1. The maximum absolute atomic E-state index is 13.3. The Labute approximate surface area is 109 Å². The first kappa shape index (κ1) is 15.3. The fraction of sp³-hybridized carbons (Fsp3) is 0.200. The Kier molecular flexibility index (Phi) is 4.40. The van der Waals surface area contributed by atoms with Gasteiger partial charge in [0.15, 0.2) is 23.3 Å². The van der Waals surface area contributed by atoms with E-state index in [4.69, 9.17) is 5.73 Å². The smallest absolute Gasteiger partial charge is 0.258 e. The monoisotopic (exact) mass is 298 g/mol. The van der Waals surface area contributed by atoms with E-state index in [0.29, 0.717) is 0 Å². The second-order valence-electron chi connectivity index (χ2n) is 3.54. The Morgan fingerprint density at radius 2 is 1.42 bits per heavy atom. The van der Waals surface area contributed by atoms with Gasteiger partial charge in [-0.25, -0.2) is 22.0 Å². The fourth-order valence-corrected chi connectivity index (χ4v) is 1.20. The first-order valence-electron chi connectivity index (χ1n) is 4.80. The highest BCUT2D eigenvalue weighted by Crippen LogP contribution is 2.22. The van der Waals surface area contributed by atoms with Crippen LogP contribution in [0, 0.1) is 29.1 Å². The molecule has 3 nitrogen and oxygen atoms in total. The molecule has 1 rings (SSSR count). The molecule has 0 bridgehead atoms. The predicted octanol–water partition coefficient (Wildman–Crippen LogP) is 1.79. The van der Waals surface area contributed by atoms with Crippen molar-refractivity contribution in [2.24, 2.45) is 5.73 Å². The van der Waals surface area contributed by atoms with Gasteiger partial charge in [-0.1, -0.05) is 12.2 Å². The summed E-state index contributed by atoms with van der Waals surface area (Å²) in [6.45, 7) is 1.28. The highest BCUT2D eigenvalue weighted by atomic mass is 32.1. The van der Waals surface area contributed by atoms with Gasteiger partial charge in [0.2, 0.25) is 5.82 Å². The summed E-state index contributed by atoms with van der Waals surface area (Å²) in [5.74, 6) is -12.7. The van der Waals surface area contributed by atoms with Crippen LogP contribution in [0.4, 0.5) is 22.0 Å². The molecule has 3 N–H and O–H groups in total. The third-order valence-corrected chi connectivity index (χ3v) is 2.56. The molecule has 19 heavy (non-hydrogen) atoms. The van der Waals surface area contributed by atoms with Gasteiger partial charge >= 0.3 is 0 Å². The number of benzene rings is 1. The largest absolute Gasteiger partial charge is 0.392 e. The summed E-state index contributed by atoms with van der Waals surface area (Å²) in [5, 5.41) is 1.91. The fourth-order valence-electron chi connectivity index (χ4n) is 1.14. The summed E-state index contributed by atoms with van der Waals surface area (Å²) in [4.78, 5) is 11.2. The van der Waals surface area contributed by atoms with Crippen molar-refractivity contribution in [3.05, 3.63) is 34.6 Å². The van der Waals surface area contributed by atoms with Crippen molar-refractivity contribution in [2.75, 3.05) is 0 Å². The van der Waals surface area contributed by atoms with Gasteiger partial charge in [0, 0.05) is 0 Å². The second-order valence-corrected chi connectivity index (χ2v) is 4.01. The Bertz CT molecular complexity index is 534. The minimum atomic E-state index is -2.34. The molecule has 1 unspecified atom stereocenters. The molecule has 0 saturated carbocycles. The van der Waals surface area contributed by atoms with E-state index in [0.717, 1.165) is 0 Å². The van der Waals surface area contributed by atoms with E-state index in [-0.39, 0.29) is 4.99 Å². The van der Waals surface area contributed by atoms with Crippen LogP contribution in [-0.4, -0.2) is 16.9 Å². The number of halogens is 5. The quantitative estimate of drug-likeness (QED) is 0.387. The molecule has 104 valence electrons. The number of nitrogens with one attached hydrogen (secondary N) is 1. The highest BCUT2D eigenvalue weighted by molar-refractivity contribution is 7.80. The van der Waals surface area contributed by atoms with E-state index in [1.165, 1.54) is 6.92 Å². The van der Waals surface area contributed by atoms with E-state index in [2.05, 4.69) is 12.2 Å². The molecule has 0 aliphatic rings. The third kappa shape index (κ3) is 2.80. The molecule has 0 aliphatic carbocycles. The SMILES string of the molecule is CC(NC(=O)c1c(F)c(F)c(F)c(F)c1F)C(N)=S. The number of nitrogens with two attached hydrogens (primary N) is 1. The van der Waals surface area contributed by atoms with Crippen LogP contribution in [0.1, 0.15) is 17.3 Å².